The first-order valence-electron chi connectivity index (χ1n) is 13.3. The van der Waals surface area contributed by atoms with Crippen LogP contribution in [0.15, 0.2) is 71.3 Å². The van der Waals surface area contributed by atoms with Gasteiger partial charge in [0.15, 0.2) is 16.1 Å². The zero-order chi connectivity index (χ0) is 27.9. The van der Waals surface area contributed by atoms with Crippen molar-refractivity contribution in [2.75, 3.05) is 38.5 Å². The fourth-order valence-electron chi connectivity index (χ4n) is 5.46. The number of sulfone groups is 1. The fraction of sp³-hybridized carbons (Fsp3) is 0.367. The number of likely N-dealkylation sites (N-methyl/N-ethyl adjacent to an activating group) is 1. The Morgan fingerprint density at radius 2 is 1.79 bits per heavy atom. The van der Waals surface area contributed by atoms with Gasteiger partial charge < -0.3 is 25.5 Å². The van der Waals surface area contributed by atoms with Crippen LogP contribution in [-0.2, 0) is 20.4 Å². The summed E-state index contributed by atoms with van der Waals surface area (Å²) in [4.78, 5) is 17.7. The molecule has 206 valence electrons. The number of anilines is 1. The van der Waals surface area contributed by atoms with Gasteiger partial charge in [0.2, 0.25) is 0 Å². The largest absolute Gasteiger partial charge is 0.378 e. The predicted octanol–water partition coefficient (Wildman–Crippen LogP) is 2.98. The smallest absolute Gasteiger partial charge is 0.252 e. The van der Waals surface area contributed by atoms with Crippen molar-refractivity contribution < 1.29 is 18.3 Å². The van der Waals surface area contributed by atoms with Crippen molar-refractivity contribution in [1.29, 1.82) is 0 Å². The molecule has 0 bridgehead atoms. The van der Waals surface area contributed by atoms with E-state index in [9.17, 15) is 18.3 Å². The minimum Gasteiger partial charge on any atom is -0.378 e. The summed E-state index contributed by atoms with van der Waals surface area (Å²) in [6.07, 6.45) is 3.03. The van der Waals surface area contributed by atoms with Crippen LogP contribution >= 0.6 is 0 Å². The summed E-state index contributed by atoms with van der Waals surface area (Å²) in [5.41, 5.74) is 5.72. The number of carbonyl (C=O) groups excluding carboxylic acids is 1. The van der Waals surface area contributed by atoms with Gasteiger partial charge in [0.25, 0.3) is 5.91 Å². The van der Waals surface area contributed by atoms with E-state index in [0.717, 1.165) is 29.8 Å². The lowest BCUT2D eigenvalue weighted by molar-refractivity contribution is -0.128. The van der Waals surface area contributed by atoms with Gasteiger partial charge in [-0.25, -0.2) is 8.42 Å². The van der Waals surface area contributed by atoms with E-state index in [2.05, 4.69) is 22.1 Å². The molecule has 0 radical (unpaired) electrons. The predicted molar refractivity (Wildman–Crippen MR) is 154 cm³/mol. The third kappa shape index (κ3) is 5.39. The second-order valence-corrected chi connectivity index (χ2v) is 12.7. The Morgan fingerprint density at radius 1 is 1.10 bits per heavy atom. The van der Waals surface area contributed by atoms with E-state index >= 15 is 0 Å². The van der Waals surface area contributed by atoms with Crippen molar-refractivity contribution in [3.05, 3.63) is 88.7 Å². The molecule has 39 heavy (non-hydrogen) atoms. The van der Waals surface area contributed by atoms with Crippen LogP contribution in [0.25, 0.3) is 5.57 Å². The van der Waals surface area contributed by atoms with Gasteiger partial charge in [-0.2, -0.15) is 0 Å². The first-order valence-corrected chi connectivity index (χ1v) is 14.9. The molecule has 1 amide bonds. The van der Waals surface area contributed by atoms with E-state index < -0.39 is 16.1 Å². The van der Waals surface area contributed by atoms with Gasteiger partial charge in [-0.3, -0.25) is 4.79 Å². The number of allylic oxidation sites excluding steroid dienone is 1. The SMILES string of the molecule is C=CC1CC(C(=O)N2CCN(C)CC2)=C(/C=C2/c3cc(S(=O)(=O)Cc4c(C)cccc4C)ccc3NC2O)N1. The Bertz CT molecular complexity index is 1470. The molecule has 0 aliphatic carbocycles. The standard InChI is InChI=1S/C30H36N4O4S/c1-5-21-15-25(30(36)34-13-11-33(4)12-14-34)28(31-21)17-24-23-16-22(9-10-27(23)32-29(24)35)39(37,38)18-26-19(2)7-6-8-20(26)3/h5-10,16-17,21,29,31-32,35H,1,11-15,18H2,2-4H3/b24-17-. The van der Waals surface area contributed by atoms with Crippen LogP contribution in [-0.4, -0.2) is 74.7 Å². The van der Waals surface area contributed by atoms with Gasteiger partial charge in [-0.1, -0.05) is 24.3 Å². The second-order valence-electron chi connectivity index (χ2n) is 10.7. The summed E-state index contributed by atoms with van der Waals surface area (Å²) in [6.45, 7) is 10.7. The minimum atomic E-state index is -3.65. The molecule has 8 nitrogen and oxygen atoms in total. The topological polar surface area (TPSA) is 102 Å². The van der Waals surface area contributed by atoms with Crippen molar-refractivity contribution in [1.82, 2.24) is 15.1 Å². The Kier molecular flexibility index (Phi) is 7.41. The number of nitrogens with zero attached hydrogens (tertiary/aromatic N) is 2. The molecular formula is C30H36N4O4S. The van der Waals surface area contributed by atoms with E-state index in [0.29, 0.717) is 47.6 Å². The molecule has 1 fully saturated rings. The molecule has 0 aromatic heterocycles. The zero-order valence-corrected chi connectivity index (χ0v) is 23.5. The minimum absolute atomic E-state index is 0.0163. The highest BCUT2D eigenvalue weighted by Crippen LogP contribution is 2.38. The summed E-state index contributed by atoms with van der Waals surface area (Å²) in [7, 11) is -1.60. The van der Waals surface area contributed by atoms with E-state index in [1.54, 1.807) is 30.4 Å². The maximum absolute atomic E-state index is 13.5. The number of nitrogens with one attached hydrogen (secondary N) is 2. The molecule has 2 atom stereocenters. The van der Waals surface area contributed by atoms with E-state index in [-0.39, 0.29) is 22.6 Å². The molecule has 2 aromatic rings. The lowest BCUT2D eigenvalue weighted by atomic mass is 10.0. The maximum Gasteiger partial charge on any atom is 0.252 e. The normalized spacial score (nSPS) is 22.6. The maximum atomic E-state index is 13.5. The van der Waals surface area contributed by atoms with Gasteiger partial charge in [0.05, 0.1) is 10.6 Å². The van der Waals surface area contributed by atoms with Crippen molar-refractivity contribution in [2.45, 2.75) is 43.2 Å². The molecule has 5 rings (SSSR count). The van der Waals surface area contributed by atoms with Crippen molar-refractivity contribution in [3.63, 3.8) is 0 Å². The van der Waals surface area contributed by atoms with Gasteiger partial charge >= 0.3 is 0 Å². The van der Waals surface area contributed by atoms with Crippen molar-refractivity contribution in [2.24, 2.45) is 0 Å². The summed E-state index contributed by atoms with van der Waals surface area (Å²) in [6, 6.07) is 10.5. The molecule has 9 heteroatoms. The monoisotopic (exact) mass is 548 g/mol. The lowest BCUT2D eigenvalue weighted by Gasteiger charge is -2.32. The highest BCUT2D eigenvalue weighted by atomic mass is 32.2. The Labute approximate surface area is 230 Å². The van der Waals surface area contributed by atoms with Gasteiger partial charge in [-0.05, 0) is 61.9 Å². The average molecular weight is 549 g/mol. The molecule has 0 spiro atoms. The number of benzene rings is 2. The van der Waals surface area contributed by atoms with Crippen LogP contribution in [0.2, 0.25) is 0 Å². The van der Waals surface area contributed by atoms with E-state index in [1.807, 2.05) is 44.0 Å². The number of aliphatic hydroxyl groups is 1. The highest BCUT2D eigenvalue weighted by Gasteiger charge is 2.33. The van der Waals surface area contributed by atoms with Crippen LogP contribution in [0.4, 0.5) is 5.69 Å². The quantitative estimate of drug-likeness (QED) is 0.477. The summed E-state index contributed by atoms with van der Waals surface area (Å²) in [5.74, 6) is -0.117. The highest BCUT2D eigenvalue weighted by molar-refractivity contribution is 7.90. The number of piperazine rings is 1. The fourth-order valence-corrected chi connectivity index (χ4v) is 7.03. The molecule has 2 unspecified atom stereocenters. The molecule has 3 N–H and O–H groups in total. The molecule has 3 aliphatic heterocycles. The van der Waals surface area contributed by atoms with Gasteiger partial charge in [0, 0.05) is 66.7 Å². The Morgan fingerprint density at radius 3 is 2.46 bits per heavy atom. The lowest BCUT2D eigenvalue weighted by Crippen LogP contribution is -2.47. The molecular weight excluding hydrogens is 512 g/mol. The van der Waals surface area contributed by atoms with Crippen LogP contribution < -0.4 is 10.6 Å². The van der Waals surface area contributed by atoms with Crippen LogP contribution in [0, 0.1) is 13.8 Å². The van der Waals surface area contributed by atoms with Gasteiger partial charge in [0.1, 0.15) is 0 Å². The molecule has 3 heterocycles. The molecule has 3 aliphatic rings. The number of hydrogen-bond acceptors (Lipinski definition) is 7. The average Bonchev–Trinajstić information content (AvgIpc) is 3.46. The third-order valence-corrected chi connectivity index (χ3v) is 9.59. The molecule has 2 aromatic carbocycles. The van der Waals surface area contributed by atoms with Crippen molar-refractivity contribution >= 4 is 27.0 Å². The number of aliphatic hydroxyl groups excluding tert-OH is 1. The van der Waals surface area contributed by atoms with Crippen LogP contribution in [0.1, 0.15) is 28.7 Å². The molecule has 0 saturated carbocycles. The van der Waals surface area contributed by atoms with Gasteiger partial charge in [-0.15, -0.1) is 6.58 Å². The van der Waals surface area contributed by atoms with Crippen molar-refractivity contribution in [3.8, 4) is 0 Å². The number of aryl methyl sites for hydroxylation is 2. The van der Waals surface area contributed by atoms with Crippen LogP contribution in [0.5, 0.6) is 0 Å². The summed E-state index contributed by atoms with van der Waals surface area (Å²) < 4.78 is 26.9. The first-order chi connectivity index (χ1) is 18.6. The summed E-state index contributed by atoms with van der Waals surface area (Å²) >= 11 is 0. The number of hydrogen-bond donors (Lipinski definition) is 3. The second kappa shape index (κ2) is 10.6. The summed E-state index contributed by atoms with van der Waals surface area (Å²) in [5, 5.41) is 17.3. The zero-order valence-electron chi connectivity index (χ0n) is 22.7. The Balaban J connectivity index is 1.49. The number of amides is 1. The number of rotatable bonds is 6. The number of carbonyl (C=O) groups is 1. The molecule has 1 saturated heterocycles. The van der Waals surface area contributed by atoms with E-state index in [4.69, 9.17) is 0 Å². The Hall–Kier alpha value is -3.40. The van der Waals surface area contributed by atoms with E-state index in [1.165, 1.54) is 0 Å². The third-order valence-electron chi connectivity index (χ3n) is 7.95. The number of fused-ring (bicyclic) bond motifs is 1. The first kappa shape index (κ1) is 27.2. The van der Waals surface area contributed by atoms with Crippen LogP contribution in [0.3, 0.4) is 0 Å².